The summed E-state index contributed by atoms with van der Waals surface area (Å²) in [6, 6.07) is 11.4. The Bertz CT molecular complexity index is 1020. The molecular formula is C19H19FN4O3S. The van der Waals surface area contributed by atoms with Crippen LogP contribution in [0.25, 0.3) is 0 Å². The van der Waals surface area contributed by atoms with Gasteiger partial charge in [-0.2, -0.15) is 0 Å². The maximum atomic E-state index is 13.0. The maximum absolute atomic E-state index is 13.0. The Kier molecular flexibility index (Phi) is 6.15. The van der Waals surface area contributed by atoms with Gasteiger partial charge in [-0.25, -0.2) is 4.39 Å². The normalized spacial score (nSPS) is 10.6. The van der Waals surface area contributed by atoms with Crippen molar-refractivity contribution in [3.05, 3.63) is 64.2 Å². The van der Waals surface area contributed by atoms with Crippen LogP contribution in [0.1, 0.15) is 5.56 Å². The number of aromatic nitrogens is 3. The van der Waals surface area contributed by atoms with Crippen LogP contribution in [0.2, 0.25) is 0 Å². The van der Waals surface area contributed by atoms with Crippen molar-refractivity contribution in [3.63, 3.8) is 0 Å². The molecule has 0 unspecified atom stereocenters. The number of halogens is 1. The highest BCUT2D eigenvalue weighted by Gasteiger charge is 2.12. The van der Waals surface area contributed by atoms with Crippen molar-refractivity contribution in [1.82, 2.24) is 14.8 Å². The monoisotopic (exact) mass is 402 g/mol. The number of methoxy groups -OCH3 is 2. The number of thioether (sulfide) groups is 1. The van der Waals surface area contributed by atoms with Crippen molar-refractivity contribution in [2.75, 3.05) is 19.5 Å². The summed E-state index contributed by atoms with van der Waals surface area (Å²) in [5.41, 5.74) is 1.23. The second-order valence-electron chi connectivity index (χ2n) is 5.81. The molecule has 0 saturated carbocycles. The van der Waals surface area contributed by atoms with Gasteiger partial charge in [-0.05, 0) is 29.8 Å². The largest absolute Gasteiger partial charge is 0.493 e. The summed E-state index contributed by atoms with van der Waals surface area (Å²) in [6.07, 6.45) is 0. The van der Waals surface area contributed by atoms with E-state index >= 15 is 0 Å². The Morgan fingerprint density at radius 2 is 1.79 bits per heavy atom. The molecule has 9 heteroatoms. The maximum Gasteiger partial charge on any atom is 0.297 e. The number of hydrogen-bond donors (Lipinski definition) is 1. The molecule has 0 amide bonds. The predicted octanol–water partition coefficient (Wildman–Crippen LogP) is 3.37. The second kappa shape index (κ2) is 8.75. The van der Waals surface area contributed by atoms with Crippen molar-refractivity contribution >= 4 is 23.3 Å². The van der Waals surface area contributed by atoms with Crippen LogP contribution in [0.4, 0.5) is 15.9 Å². The van der Waals surface area contributed by atoms with Crippen LogP contribution in [0.15, 0.2) is 52.4 Å². The highest BCUT2D eigenvalue weighted by Crippen LogP contribution is 2.30. The van der Waals surface area contributed by atoms with Gasteiger partial charge in [0.05, 0.1) is 14.2 Å². The third-order valence-corrected chi connectivity index (χ3v) is 5.05. The van der Waals surface area contributed by atoms with E-state index in [0.29, 0.717) is 28.1 Å². The molecule has 0 aliphatic carbocycles. The van der Waals surface area contributed by atoms with Crippen molar-refractivity contribution in [2.24, 2.45) is 7.05 Å². The minimum atomic E-state index is -0.314. The minimum absolute atomic E-state index is 0.0980. The molecule has 2 aromatic carbocycles. The first-order valence-corrected chi connectivity index (χ1v) is 9.30. The van der Waals surface area contributed by atoms with Crippen LogP contribution in [-0.2, 0) is 12.8 Å². The average Bonchev–Trinajstić information content (AvgIpc) is 2.72. The zero-order valence-electron chi connectivity index (χ0n) is 15.6. The molecule has 0 radical (unpaired) electrons. The summed E-state index contributed by atoms with van der Waals surface area (Å²) in [5.74, 6) is 1.47. The van der Waals surface area contributed by atoms with Gasteiger partial charge in [-0.15, -0.1) is 10.2 Å². The Morgan fingerprint density at radius 3 is 2.46 bits per heavy atom. The molecule has 1 N–H and O–H groups in total. The van der Waals surface area contributed by atoms with E-state index in [9.17, 15) is 9.18 Å². The van der Waals surface area contributed by atoms with Gasteiger partial charge in [0.1, 0.15) is 5.82 Å². The van der Waals surface area contributed by atoms with Crippen molar-refractivity contribution < 1.29 is 13.9 Å². The number of anilines is 2. The Labute approximate surface area is 165 Å². The van der Waals surface area contributed by atoms with Crippen LogP contribution in [0, 0.1) is 5.82 Å². The van der Waals surface area contributed by atoms with Gasteiger partial charge >= 0.3 is 0 Å². The summed E-state index contributed by atoms with van der Waals surface area (Å²) < 4.78 is 24.9. The first-order valence-electron chi connectivity index (χ1n) is 8.32. The molecule has 1 aromatic heterocycles. The number of nitrogens with zero attached hydrogens (tertiary/aromatic N) is 3. The molecule has 0 fully saturated rings. The van der Waals surface area contributed by atoms with Crippen LogP contribution in [-0.4, -0.2) is 29.0 Å². The summed E-state index contributed by atoms with van der Waals surface area (Å²) in [7, 11) is 4.71. The lowest BCUT2D eigenvalue weighted by molar-refractivity contribution is 0.355. The van der Waals surface area contributed by atoms with E-state index in [0.717, 1.165) is 5.56 Å². The predicted molar refractivity (Wildman–Crippen MR) is 106 cm³/mol. The van der Waals surface area contributed by atoms with Gasteiger partial charge in [-0.1, -0.05) is 23.9 Å². The third kappa shape index (κ3) is 4.42. The van der Waals surface area contributed by atoms with Crippen molar-refractivity contribution in [2.45, 2.75) is 10.9 Å². The first-order chi connectivity index (χ1) is 13.5. The molecule has 0 bridgehead atoms. The highest BCUT2D eigenvalue weighted by molar-refractivity contribution is 7.98. The standard InChI is InChI=1S/C19H19FN4O3S/c1-24-18(25)17(21-14-8-9-15(26-2)16(10-14)27-3)22-23-19(24)28-11-12-4-6-13(20)7-5-12/h4-10H,11H2,1-3H3,(H,21,22). The molecule has 0 spiro atoms. The van der Waals surface area contributed by atoms with E-state index in [2.05, 4.69) is 15.5 Å². The van der Waals surface area contributed by atoms with E-state index in [-0.39, 0.29) is 17.2 Å². The molecule has 7 nitrogen and oxygen atoms in total. The third-order valence-electron chi connectivity index (χ3n) is 3.96. The number of benzene rings is 2. The van der Waals surface area contributed by atoms with Crippen LogP contribution in [0.3, 0.4) is 0 Å². The van der Waals surface area contributed by atoms with E-state index in [1.165, 1.54) is 35.6 Å². The van der Waals surface area contributed by atoms with Gasteiger partial charge in [-0.3, -0.25) is 9.36 Å². The fourth-order valence-electron chi connectivity index (χ4n) is 2.43. The second-order valence-corrected chi connectivity index (χ2v) is 6.75. The van der Waals surface area contributed by atoms with Gasteiger partial charge in [0.2, 0.25) is 5.82 Å². The lowest BCUT2D eigenvalue weighted by atomic mass is 10.2. The van der Waals surface area contributed by atoms with Crippen molar-refractivity contribution in [1.29, 1.82) is 0 Å². The quantitative estimate of drug-likeness (QED) is 0.607. The molecular weight excluding hydrogens is 383 g/mol. The lowest BCUT2D eigenvalue weighted by Gasteiger charge is -2.12. The number of rotatable bonds is 7. The molecule has 3 rings (SSSR count). The molecule has 0 aliphatic heterocycles. The molecule has 0 aliphatic rings. The molecule has 28 heavy (non-hydrogen) atoms. The summed E-state index contributed by atoms with van der Waals surface area (Å²) in [5, 5.41) is 11.6. The van der Waals surface area contributed by atoms with Gasteiger partial charge in [0.25, 0.3) is 5.56 Å². The van der Waals surface area contributed by atoms with Gasteiger partial charge in [0, 0.05) is 24.6 Å². The van der Waals surface area contributed by atoms with E-state index in [1.807, 2.05) is 0 Å². The van der Waals surface area contributed by atoms with Crippen LogP contribution >= 0.6 is 11.8 Å². The van der Waals surface area contributed by atoms with Gasteiger partial charge < -0.3 is 14.8 Å². The topological polar surface area (TPSA) is 78.3 Å². The van der Waals surface area contributed by atoms with Crippen LogP contribution in [0.5, 0.6) is 11.5 Å². The molecule has 0 atom stereocenters. The highest BCUT2D eigenvalue weighted by atomic mass is 32.2. The minimum Gasteiger partial charge on any atom is -0.493 e. The fourth-order valence-corrected chi connectivity index (χ4v) is 3.30. The van der Waals surface area contributed by atoms with Crippen LogP contribution < -0.4 is 20.3 Å². The Balaban J connectivity index is 1.76. The number of hydrogen-bond acceptors (Lipinski definition) is 7. The number of ether oxygens (including phenoxy) is 2. The number of nitrogens with one attached hydrogen (secondary N) is 1. The van der Waals surface area contributed by atoms with E-state index < -0.39 is 0 Å². The van der Waals surface area contributed by atoms with Gasteiger partial charge in [0.15, 0.2) is 16.7 Å². The Morgan fingerprint density at radius 1 is 1.07 bits per heavy atom. The molecule has 3 aromatic rings. The lowest BCUT2D eigenvalue weighted by Crippen LogP contribution is -2.24. The average molecular weight is 402 g/mol. The SMILES string of the molecule is COc1ccc(Nc2nnc(SCc3ccc(F)cc3)n(C)c2=O)cc1OC. The zero-order chi connectivity index (χ0) is 20.1. The van der Waals surface area contributed by atoms with E-state index in [1.54, 1.807) is 44.5 Å². The summed E-state index contributed by atoms with van der Waals surface area (Å²) >= 11 is 1.35. The smallest absolute Gasteiger partial charge is 0.297 e. The molecule has 1 heterocycles. The summed E-state index contributed by atoms with van der Waals surface area (Å²) in [6.45, 7) is 0. The first kappa shape index (κ1) is 19.7. The Hall–Kier alpha value is -3.07. The molecule has 146 valence electrons. The molecule has 0 saturated heterocycles. The zero-order valence-corrected chi connectivity index (χ0v) is 16.4. The van der Waals surface area contributed by atoms with Crippen molar-refractivity contribution in [3.8, 4) is 11.5 Å². The fraction of sp³-hybridized carbons (Fsp3) is 0.211. The van der Waals surface area contributed by atoms with E-state index in [4.69, 9.17) is 9.47 Å². The summed E-state index contributed by atoms with van der Waals surface area (Å²) in [4.78, 5) is 12.6.